The van der Waals surface area contributed by atoms with Gasteiger partial charge in [0.15, 0.2) is 5.82 Å². The van der Waals surface area contributed by atoms with E-state index in [0.29, 0.717) is 5.82 Å². The summed E-state index contributed by atoms with van der Waals surface area (Å²) in [7, 11) is 0. The van der Waals surface area contributed by atoms with E-state index in [9.17, 15) is 0 Å². The van der Waals surface area contributed by atoms with Gasteiger partial charge in [-0.3, -0.25) is 0 Å². The maximum absolute atomic E-state index is 4.13. The summed E-state index contributed by atoms with van der Waals surface area (Å²) in [5.74, 6) is 1.42. The smallest absolute Gasteiger partial charge is 0.196 e. The molecule has 0 aliphatic heterocycles. The first kappa shape index (κ1) is 8.61. The van der Waals surface area contributed by atoms with Crippen molar-refractivity contribution < 1.29 is 0 Å². The molecule has 0 aliphatic rings. The summed E-state index contributed by atoms with van der Waals surface area (Å²) in [6.07, 6.45) is 1.73. The van der Waals surface area contributed by atoms with Gasteiger partial charge in [-0.15, -0.1) is 10.2 Å². The van der Waals surface area contributed by atoms with E-state index in [2.05, 4.69) is 30.9 Å². The summed E-state index contributed by atoms with van der Waals surface area (Å²) in [6.45, 7) is 1.94. The molecule has 0 radical (unpaired) electrons. The van der Waals surface area contributed by atoms with Gasteiger partial charge in [0.25, 0.3) is 0 Å². The number of H-pyrrole nitrogens is 1. The molecule has 6 nitrogen and oxygen atoms in total. The molecule has 0 saturated carbocycles. The van der Waals surface area contributed by atoms with Crippen LogP contribution in [0.2, 0.25) is 0 Å². The highest BCUT2D eigenvalue weighted by atomic mass is 15.5. The Morgan fingerprint density at radius 2 is 2.36 bits per heavy atom. The maximum atomic E-state index is 4.13. The normalized spacial score (nSPS) is 12.4. The van der Waals surface area contributed by atoms with Gasteiger partial charge in [0.1, 0.15) is 5.82 Å². The van der Waals surface area contributed by atoms with Crippen molar-refractivity contribution in [2.45, 2.75) is 13.0 Å². The zero-order valence-corrected chi connectivity index (χ0v) is 7.68. The molecule has 0 spiro atoms. The highest BCUT2D eigenvalue weighted by molar-refractivity contribution is 5.34. The third kappa shape index (κ3) is 1.85. The first-order valence-corrected chi connectivity index (χ1v) is 4.27. The van der Waals surface area contributed by atoms with Crippen molar-refractivity contribution in [1.82, 2.24) is 25.6 Å². The zero-order chi connectivity index (χ0) is 9.80. The van der Waals surface area contributed by atoms with Crippen LogP contribution in [0.5, 0.6) is 0 Å². The molecule has 0 saturated heterocycles. The van der Waals surface area contributed by atoms with E-state index in [0.717, 1.165) is 5.82 Å². The number of hydrogen-bond acceptors (Lipinski definition) is 5. The fourth-order valence-electron chi connectivity index (χ4n) is 1.09. The molecule has 0 aromatic carbocycles. The topological polar surface area (TPSA) is 79.4 Å². The van der Waals surface area contributed by atoms with Crippen LogP contribution in [-0.4, -0.2) is 25.6 Å². The quantitative estimate of drug-likeness (QED) is 0.747. The molecule has 0 aliphatic carbocycles. The SMILES string of the molecule is CC(Nc1ccccn1)c1nn[nH]n1. The highest BCUT2D eigenvalue weighted by Crippen LogP contribution is 2.11. The van der Waals surface area contributed by atoms with E-state index < -0.39 is 0 Å². The lowest BCUT2D eigenvalue weighted by Crippen LogP contribution is -2.09. The van der Waals surface area contributed by atoms with Crippen LogP contribution < -0.4 is 5.32 Å². The average molecular weight is 190 g/mol. The van der Waals surface area contributed by atoms with E-state index in [1.54, 1.807) is 6.20 Å². The molecule has 0 fully saturated rings. The molecule has 0 bridgehead atoms. The van der Waals surface area contributed by atoms with E-state index in [1.807, 2.05) is 25.1 Å². The Bertz CT molecular complexity index is 370. The molecule has 0 amide bonds. The van der Waals surface area contributed by atoms with E-state index in [-0.39, 0.29) is 6.04 Å². The van der Waals surface area contributed by atoms with E-state index in [4.69, 9.17) is 0 Å². The number of aromatic amines is 1. The second-order valence-electron chi connectivity index (χ2n) is 2.85. The molecule has 6 heteroatoms. The van der Waals surface area contributed by atoms with Crippen molar-refractivity contribution in [1.29, 1.82) is 0 Å². The van der Waals surface area contributed by atoms with Crippen LogP contribution in [0.1, 0.15) is 18.8 Å². The van der Waals surface area contributed by atoms with Crippen LogP contribution in [0.4, 0.5) is 5.82 Å². The number of hydrogen-bond donors (Lipinski definition) is 2. The van der Waals surface area contributed by atoms with Gasteiger partial charge in [-0.2, -0.15) is 5.21 Å². The lowest BCUT2D eigenvalue weighted by Gasteiger charge is -2.09. The number of tetrazole rings is 1. The van der Waals surface area contributed by atoms with Crippen molar-refractivity contribution in [2.75, 3.05) is 5.32 Å². The Morgan fingerprint density at radius 3 is 3.00 bits per heavy atom. The van der Waals surface area contributed by atoms with Crippen LogP contribution in [0.3, 0.4) is 0 Å². The second kappa shape index (κ2) is 3.82. The third-order valence-electron chi connectivity index (χ3n) is 1.78. The summed E-state index contributed by atoms with van der Waals surface area (Å²) in [4.78, 5) is 4.13. The molecule has 2 heterocycles. The minimum absolute atomic E-state index is 0.0105. The van der Waals surface area contributed by atoms with Crippen molar-refractivity contribution >= 4 is 5.82 Å². The predicted molar refractivity (Wildman–Crippen MR) is 50.5 cm³/mol. The molecule has 1 atom stereocenters. The summed E-state index contributed by atoms with van der Waals surface area (Å²) < 4.78 is 0. The molecule has 72 valence electrons. The lowest BCUT2D eigenvalue weighted by molar-refractivity contribution is 0.788. The molecular weight excluding hydrogens is 180 g/mol. The van der Waals surface area contributed by atoms with Gasteiger partial charge in [0.2, 0.25) is 0 Å². The van der Waals surface area contributed by atoms with Gasteiger partial charge in [-0.1, -0.05) is 11.3 Å². The lowest BCUT2D eigenvalue weighted by atomic mass is 10.3. The van der Waals surface area contributed by atoms with Crippen LogP contribution in [0, 0.1) is 0 Å². The molecule has 2 rings (SSSR count). The average Bonchev–Trinajstić information content (AvgIpc) is 2.72. The standard InChI is InChI=1S/C8H10N6/c1-6(8-11-13-14-12-8)10-7-4-2-3-5-9-7/h2-6H,1H3,(H,9,10)(H,11,12,13,14). The molecule has 14 heavy (non-hydrogen) atoms. The van der Waals surface area contributed by atoms with Crippen LogP contribution in [-0.2, 0) is 0 Å². The number of nitrogens with zero attached hydrogens (tertiary/aromatic N) is 4. The van der Waals surface area contributed by atoms with E-state index in [1.165, 1.54) is 0 Å². The molecule has 2 N–H and O–H groups in total. The Labute approximate surface area is 80.8 Å². The van der Waals surface area contributed by atoms with Crippen molar-refractivity contribution in [3.8, 4) is 0 Å². The Balaban J connectivity index is 2.06. The van der Waals surface area contributed by atoms with Crippen LogP contribution in [0.15, 0.2) is 24.4 Å². The van der Waals surface area contributed by atoms with Crippen molar-refractivity contribution in [2.24, 2.45) is 0 Å². The number of pyridine rings is 1. The highest BCUT2D eigenvalue weighted by Gasteiger charge is 2.09. The van der Waals surface area contributed by atoms with Gasteiger partial charge in [0, 0.05) is 6.20 Å². The second-order valence-corrected chi connectivity index (χ2v) is 2.85. The predicted octanol–water partition coefficient (Wildman–Crippen LogP) is 0.768. The minimum Gasteiger partial charge on any atom is -0.360 e. The number of aromatic nitrogens is 5. The molecule has 2 aromatic rings. The van der Waals surface area contributed by atoms with Crippen LogP contribution in [0.25, 0.3) is 0 Å². The maximum Gasteiger partial charge on any atom is 0.196 e. The van der Waals surface area contributed by atoms with Crippen molar-refractivity contribution in [3.63, 3.8) is 0 Å². The molecular formula is C8H10N6. The largest absolute Gasteiger partial charge is 0.360 e. The first-order chi connectivity index (χ1) is 6.86. The van der Waals surface area contributed by atoms with Crippen LogP contribution >= 0.6 is 0 Å². The number of anilines is 1. The van der Waals surface area contributed by atoms with Gasteiger partial charge in [-0.25, -0.2) is 4.98 Å². The van der Waals surface area contributed by atoms with Gasteiger partial charge >= 0.3 is 0 Å². The molecule has 1 unspecified atom stereocenters. The fourth-order valence-corrected chi connectivity index (χ4v) is 1.09. The molecule has 2 aromatic heterocycles. The monoisotopic (exact) mass is 190 g/mol. The van der Waals surface area contributed by atoms with Gasteiger partial charge in [0.05, 0.1) is 6.04 Å². The minimum atomic E-state index is -0.0105. The first-order valence-electron chi connectivity index (χ1n) is 4.27. The summed E-state index contributed by atoms with van der Waals surface area (Å²) in [5.41, 5.74) is 0. The Morgan fingerprint density at radius 1 is 1.43 bits per heavy atom. The van der Waals surface area contributed by atoms with Crippen molar-refractivity contribution in [3.05, 3.63) is 30.2 Å². The summed E-state index contributed by atoms with van der Waals surface area (Å²) in [5, 5.41) is 16.8. The summed E-state index contributed by atoms with van der Waals surface area (Å²) >= 11 is 0. The third-order valence-corrected chi connectivity index (χ3v) is 1.78. The fraction of sp³-hybridized carbons (Fsp3) is 0.250. The van der Waals surface area contributed by atoms with E-state index >= 15 is 0 Å². The number of rotatable bonds is 3. The Kier molecular flexibility index (Phi) is 2.35. The van der Waals surface area contributed by atoms with Gasteiger partial charge < -0.3 is 5.32 Å². The Hall–Kier alpha value is -1.98. The zero-order valence-electron chi connectivity index (χ0n) is 7.68. The summed E-state index contributed by atoms with van der Waals surface area (Å²) in [6, 6.07) is 5.66. The van der Waals surface area contributed by atoms with Gasteiger partial charge in [-0.05, 0) is 19.1 Å². The number of nitrogens with one attached hydrogen (secondary N) is 2.